The normalized spacial score (nSPS) is 14.2. The van der Waals surface area contributed by atoms with Crippen molar-refractivity contribution >= 4 is 27.6 Å². The second kappa shape index (κ2) is 10.0. The molecule has 0 atom stereocenters. The zero-order valence-corrected chi connectivity index (χ0v) is 19.5. The first-order chi connectivity index (χ1) is 15.2. The highest BCUT2D eigenvalue weighted by Crippen LogP contribution is 2.24. The van der Waals surface area contributed by atoms with Crippen LogP contribution in [0.1, 0.15) is 31.1 Å². The predicted octanol–water partition coefficient (Wildman–Crippen LogP) is 2.60. The molecule has 0 bridgehead atoms. The van der Waals surface area contributed by atoms with E-state index in [0.717, 1.165) is 18.8 Å². The molecule has 3 rings (SSSR count). The Balaban J connectivity index is 1.65. The minimum Gasteiger partial charge on any atom is -0.379 e. The molecule has 1 saturated heterocycles. The van der Waals surface area contributed by atoms with Gasteiger partial charge in [-0.2, -0.15) is 8.42 Å². The first-order valence-electron chi connectivity index (χ1n) is 10.7. The van der Waals surface area contributed by atoms with Gasteiger partial charge in [0, 0.05) is 57.4 Å². The van der Waals surface area contributed by atoms with Crippen LogP contribution >= 0.6 is 0 Å². The lowest BCUT2D eigenvalue weighted by Gasteiger charge is -2.35. The molecule has 0 aromatic heterocycles. The molecule has 172 valence electrons. The van der Waals surface area contributed by atoms with E-state index in [1.54, 1.807) is 41.0 Å². The topological polar surface area (TPSA) is 87.2 Å². The summed E-state index contributed by atoms with van der Waals surface area (Å²) >= 11 is 0. The minimum absolute atomic E-state index is 0.0157. The third-order valence-electron chi connectivity index (χ3n) is 5.57. The smallest absolute Gasteiger partial charge is 0.339 e. The number of benzene rings is 2. The average molecular weight is 460 g/mol. The maximum atomic E-state index is 12.7. The van der Waals surface area contributed by atoms with E-state index in [4.69, 9.17) is 4.18 Å². The zero-order valence-electron chi connectivity index (χ0n) is 18.7. The van der Waals surface area contributed by atoms with Gasteiger partial charge in [-0.1, -0.05) is 0 Å². The lowest BCUT2D eigenvalue weighted by molar-refractivity contribution is -0.129. The summed E-state index contributed by atoms with van der Waals surface area (Å²) in [5, 5.41) is 0. The second-order valence-corrected chi connectivity index (χ2v) is 9.07. The van der Waals surface area contributed by atoms with Gasteiger partial charge in [-0.05, 0) is 62.4 Å². The maximum absolute atomic E-state index is 12.7. The second-order valence-electron chi connectivity index (χ2n) is 7.53. The Kier molecular flexibility index (Phi) is 7.40. The summed E-state index contributed by atoms with van der Waals surface area (Å²) in [4.78, 5) is 29.5. The van der Waals surface area contributed by atoms with Crippen LogP contribution in [-0.2, 0) is 14.9 Å². The van der Waals surface area contributed by atoms with E-state index in [0.29, 0.717) is 31.7 Å². The molecule has 1 fully saturated rings. The van der Waals surface area contributed by atoms with E-state index in [1.807, 2.05) is 13.8 Å². The lowest BCUT2D eigenvalue weighted by Crippen LogP contribution is -2.48. The van der Waals surface area contributed by atoms with Crippen LogP contribution in [0.5, 0.6) is 5.75 Å². The van der Waals surface area contributed by atoms with E-state index in [-0.39, 0.29) is 22.5 Å². The van der Waals surface area contributed by atoms with Crippen molar-refractivity contribution in [3.8, 4) is 5.75 Å². The summed E-state index contributed by atoms with van der Waals surface area (Å²) in [5.74, 6) is 0.142. The van der Waals surface area contributed by atoms with Crippen molar-refractivity contribution in [1.82, 2.24) is 9.80 Å². The quantitative estimate of drug-likeness (QED) is 0.592. The first kappa shape index (κ1) is 23.6. The van der Waals surface area contributed by atoms with Gasteiger partial charge in [-0.25, -0.2) is 0 Å². The standard InChI is InChI=1S/C23H29N3O5S/c1-4-24(5-2)23(28)19-6-12-22(13-7-19)32(29,30)31-21-10-8-20(9-11-21)26-16-14-25(15-17-26)18(3)27/h6-13H,4-5,14-17H2,1-3H3. The van der Waals surface area contributed by atoms with Gasteiger partial charge in [0.15, 0.2) is 0 Å². The highest BCUT2D eigenvalue weighted by molar-refractivity contribution is 7.87. The number of piperazine rings is 1. The Morgan fingerprint density at radius 1 is 0.906 bits per heavy atom. The van der Waals surface area contributed by atoms with Crippen molar-refractivity contribution in [1.29, 1.82) is 0 Å². The molecule has 8 nitrogen and oxygen atoms in total. The highest BCUT2D eigenvalue weighted by atomic mass is 32.2. The Morgan fingerprint density at radius 3 is 1.97 bits per heavy atom. The van der Waals surface area contributed by atoms with Crippen LogP contribution < -0.4 is 9.08 Å². The largest absolute Gasteiger partial charge is 0.379 e. The molecular weight excluding hydrogens is 430 g/mol. The lowest BCUT2D eigenvalue weighted by atomic mass is 10.2. The fraction of sp³-hybridized carbons (Fsp3) is 0.391. The van der Waals surface area contributed by atoms with Gasteiger partial charge in [0.1, 0.15) is 10.6 Å². The molecule has 1 aliphatic rings. The summed E-state index contributed by atoms with van der Waals surface area (Å²) in [6.45, 7) is 9.29. The molecule has 0 saturated carbocycles. The molecule has 2 amide bonds. The van der Waals surface area contributed by atoms with E-state index in [9.17, 15) is 18.0 Å². The summed E-state index contributed by atoms with van der Waals surface area (Å²) in [6, 6.07) is 12.6. The minimum atomic E-state index is -4.02. The molecule has 0 N–H and O–H groups in total. The van der Waals surface area contributed by atoms with Crippen molar-refractivity contribution in [3.05, 3.63) is 54.1 Å². The maximum Gasteiger partial charge on any atom is 0.339 e. The number of nitrogens with zero attached hydrogens (tertiary/aromatic N) is 3. The van der Waals surface area contributed by atoms with Gasteiger partial charge in [0.2, 0.25) is 5.91 Å². The van der Waals surface area contributed by atoms with Crippen LogP contribution in [0.3, 0.4) is 0 Å². The summed E-state index contributed by atoms with van der Waals surface area (Å²) in [7, 11) is -4.02. The predicted molar refractivity (Wildman–Crippen MR) is 122 cm³/mol. The number of amides is 2. The first-order valence-corrected chi connectivity index (χ1v) is 12.1. The third kappa shape index (κ3) is 5.40. The number of hydrogen-bond acceptors (Lipinski definition) is 6. The van der Waals surface area contributed by atoms with E-state index < -0.39 is 10.1 Å². The molecular formula is C23H29N3O5S. The molecule has 9 heteroatoms. The number of anilines is 1. The van der Waals surface area contributed by atoms with Gasteiger partial charge in [-0.3, -0.25) is 9.59 Å². The molecule has 1 aliphatic heterocycles. The van der Waals surface area contributed by atoms with Crippen molar-refractivity contribution in [2.24, 2.45) is 0 Å². The SMILES string of the molecule is CCN(CC)C(=O)c1ccc(S(=O)(=O)Oc2ccc(N3CCN(C(C)=O)CC3)cc2)cc1. The third-order valence-corrected chi connectivity index (χ3v) is 6.83. The van der Waals surface area contributed by atoms with Crippen LogP contribution in [0.15, 0.2) is 53.4 Å². The molecule has 2 aromatic carbocycles. The van der Waals surface area contributed by atoms with Crippen LogP contribution in [0.25, 0.3) is 0 Å². The van der Waals surface area contributed by atoms with E-state index in [1.165, 1.54) is 24.3 Å². The van der Waals surface area contributed by atoms with Gasteiger partial charge < -0.3 is 18.9 Å². The van der Waals surface area contributed by atoms with Gasteiger partial charge >= 0.3 is 10.1 Å². The Morgan fingerprint density at radius 2 is 1.47 bits per heavy atom. The molecule has 32 heavy (non-hydrogen) atoms. The number of carbonyl (C=O) groups is 2. The van der Waals surface area contributed by atoms with Crippen LogP contribution in [-0.4, -0.2) is 69.3 Å². The summed E-state index contributed by atoms with van der Waals surface area (Å²) in [5.41, 5.74) is 1.37. The van der Waals surface area contributed by atoms with Crippen LogP contribution in [0.4, 0.5) is 5.69 Å². The van der Waals surface area contributed by atoms with Crippen molar-refractivity contribution in [2.45, 2.75) is 25.7 Å². The highest BCUT2D eigenvalue weighted by Gasteiger charge is 2.21. The van der Waals surface area contributed by atoms with Crippen molar-refractivity contribution in [2.75, 3.05) is 44.2 Å². The Bertz CT molecular complexity index is 1040. The van der Waals surface area contributed by atoms with Gasteiger partial charge in [-0.15, -0.1) is 0 Å². The molecule has 1 heterocycles. The monoisotopic (exact) mass is 459 g/mol. The van der Waals surface area contributed by atoms with Crippen molar-refractivity contribution in [3.63, 3.8) is 0 Å². The van der Waals surface area contributed by atoms with E-state index >= 15 is 0 Å². The Hall–Kier alpha value is -3.07. The van der Waals surface area contributed by atoms with Gasteiger partial charge in [0.05, 0.1) is 0 Å². The summed E-state index contributed by atoms with van der Waals surface area (Å²) < 4.78 is 30.6. The molecule has 0 unspecified atom stereocenters. The average Bonchev–Trinajstić information content (AvgIpc) is 2.80. The van der Waals surface area contributed by atoms with Crippen LogP contribution in [0.2, 0.25) is 0 Å². The fourth-order valence-electron chi connectivity index (χ4n) is 3.62. The number of hydrogen-bond donors (Lipinski definition) is 0. The number of carbonyl (C=O) groups excluding carboxylic acids is 2. The fourth-order valence-corrected chi connectivity index (χ4v) is 4.55. The summed E-state index contributed by atoms with van der Waals surface area (Å²) in [6.07, 6.45) is 0. The Labute approximate surface area is 189 Å². The van der Waals surface area contributed by atoms with Crippen LogP contribution in [0, 0.1) is 0 Å². The molecule has 0 spiro atoms. The zero-order chi connectivity index (χ0) is 23.3. The number of rotatable bonds is 7. The van der Waals surface area contributed by atoms with Gasteiger partial charge in [0.25, 0.3) is 5.91 Å². The molecule has 0 aliphatic carbocycles. The molecule has 2 aromatic rings. The van der Waals surface area contributed by atoms with E-state index in [2.05, 4.69) is 4.90 Å². The molecule has 0 radical (unpaired) electrons. The van der Waals surface area contributed by atoms with Crippen molar-refractivity contribution < 1.29 is 22.2 Å².